The molecule has 0 aromatic heterocycles. The molecule has 21 heavy (non-hydrogen) atoms. The van der Waals surface area contributed by atoms with Gasteiger partial charge in [-0.3, -0.25) is 4.79 Å². The summed E-state index contributed by atoms with van der Waals surface area (Å²) in [4.78, 5) is 38.0. The van der Waals surface area contributed by atoms with Crippen molar-refractivity contribution >= 4 is 29.3 Å². The molecule has 2 aromatic carbocycles. The Morgan fingerprint density at radius 1 is 0.714 bits per heavy atom. The smallest absolute Gasteiger partial charge is 0.266 e. The molecule has 0 aliphatic carbocycles. The average Bonchev–Trinajstić information content (AvgIpc) is 2.79. The Hall–Kier alpha value is -3.17. The molecular weight excluding hydrogens is 268 g/mol. The molecule has 0 bridgehead atoms. The number of para-hydroxylation sites is 2. The number of urea groups is 1. The van der Waals surface area contributed by atoms with Crippen molar-refractivity contribution in [3.05, 3.63) is 66.4 Å². The second-order valence-electron chi connectivity index (χ2n) is 4.38. The molecule has 0 unspecified atom stereocenters. The van der Waals surface area contributed by atoms with E-state index in [0.29, 0.717) is 11.4 Å². The molecule has 102 valence electrons. The van der Waals surface area contributed by atoms with Crippen molar-refractivity contribution in [2.75, 3.05) is 9.80 Å². The van der Waals surface area contributed by atoms with Gasteiger partial charge in [-0.2, -0.15) is 0 Å². The zero-order valence-electron chi connectivity index (χ0n) is 10.9. The van der Waals surface area contributed by atoms with Crippen molar-refractivity contribution in [1.29, 1.82) is 0 Å². The van der Waals surface area contributed by atoms with Crippen LogP contribution in [-0.2, 0) is 9.59 Å². The number of hydrogen-bond donors (Lipinski definition) is 0. The predicted molar refractivity (Wildman–Crippen MR) is 77.5 cm³/mol. The third-order valence-corrected chi connectivity index (χ3v) is 3.14. The van der Waals surface area contributed by atoms with E-state index in [2.05, 4.69) is 0 Å². The molecule has 5 heteroatoms. The van der Waals surface area contributed by atoms with Crippen LogP contribution in [0.4, 0.5) is 16.2 Å². The van der Waals surface area contributed by atoms with Gasteiger partial charge in [-0.1, -0.05) is 36.4 Å². The maximum absolute atomic E-state index is 12.5. The van der Waals surface area contributed by atoms with E-state index < -0.39 is 11.9 Å². The van der Waals surface area contributed by atoms with Crippen molar-refractivity contribution in [2.45, 2.75) is 0 Å². The first-order valence-corrected chi connectivity index (χ1v) is 6.28. The van der Waals surface area contributed by atoms with Crippen LogP contribution in [0.5, 0.6) is 0 Å². The third-order valence-electron chi connectivity index (χ3n) is 3.14. The van der Waals surface area contributed by atoms with E-state index in [1.807, 2.05) is 0 Å². The quantitative estimate of drug-likeness (QED) is 0.481. The SMILES string of the molecule is O=C=C1C(=O)N(c2ccccc2)C(=O)N1c1ccccc1. The lowest BCUT2D eigenvalue weighted by Gasteiger charge is -2.16. The van der Waals surface area contributed by atoms with Crippen LogP contribution in [0.25, 0.3) is 0 Å². The summed E-state index contributed by atoms with van der Waals surface area (Å²) in [6.07, 6.45) is 0. The van der Waals surface area contributed by atoms with E-state index in [0.717, 1.165) is 9.80 Å². The molecular formula is C16H10N2O3. The van der Waals surface area contributed by atoms with Gasteiger partial charge in [0, 0.05) is 0 Å². The molecule has 0 atom stereocenters. The Morgan fingerprint density at radius 2 is 1.19 bits per heavy atom. The van der Waals surface area contributed by atoms with Crippen LogP contribution in [0.2, 0.25) is 0 Å². The highest BCUT2D eigenvalue weighted by atomic mass is 16.2. The van der Waals surface area contributed by atoms with Crippen LogP contribution in [0.1, 0.15) is 0 Å². The Morgan fingerprint density at radius 3 is 1.67 bits per heavy atom. The number of anilines is 2. The topological polar surface area (TPSA) is 57.7 Å². The molecule has 1 fully saturated rings. The van der Waals surface area contributed by atoms with Gasteiger partial charge in [0.1, 0.15) is 0 Å². The third kappa shape index (κ3) is 2.02. The zero-order valence-corrected chi connectivity index (χ0v) is 10.9. The summed E-state index contributed by atoms with van der Waals surface area (Å²) in [5, 5.41) is 0. The van der Waals surface area contributed by atoms with Gasteiger partial charge in [0.2, 0.25) is 5.70 Å². The molecule has 1 aliphatic heterocycles. The molecule has 1 heterocycles. The normalized spacial score (nSPS) is 14.6. The van der Waals surface area contributed by atoms with E-state index in [1.54, 1.807) is 66.6 Å². The summed E-state index contributed by atoms with van der Waals surface area (Å²) in [5.74, 6) is 0.897. The maximum atomic E-state index is 12.5. The molecule has 0 saturated carbocycles. The van der Waals surface area contributed by atoms with Gasteiger partial charge in [0.25, 0.3) is 5.91 Å². The van der Waals surface area contributed by atoms with Crippen LogP contribution in [0, 0.1) is 0 Å². The van der Waals surface area contributed by atoms with Gasteiger partial charge >= 0.3 is 6.03 Å². The fraction of sp³-hybridized carbons (Fsp3) is 0. The van der Waals surface area contributed by atoms with Crippen LogP contribution < -0.4 is 9.80 Å². The van der Waals surface area contributed by atoms with Crippen LogP contribution in [0.15, 0.2) is 66.4 Å². The maximum Gasteiger partial charge on any atom is 0.341 e. The summed E-state index contributed by atoms with van der Waals surface area (Å²) >= 11 is 0. The molecule has 0 spiro atoms. The van der Waals surface area contributed by atoms with Crippen molar-refractivity contribution in [1.82, 2.24) is 0 Å². The highest BCUT2D eigenvalue weighted by Gasteiger charge is 2.43. The molecule has 0 radical (unpaired) electrons. The minimum atomic E-state index is -0.676. The fourth-order valence-electron chi connectivity index (χ4n) is 2.19. The molecule has 1 saturated heterocycles. The first kappa shape index (κ1) is 12.8. The van der Waals surface area contributed by atoms with Crippen LogP contribution in [0.3, 0.4) is 0 Å². The highest BCUT2D eigenvalue weighted by Crippen LogP contribution is 2.30. The van der Waals surface area contributed by atoms with Crippen molar-refractivity contribution in [3.8, 4) is 0 Å². The highest BCUT2D eigenvalue weighted by molar-refractivity contribution is 6.36. The Kier molecular flexibility index (Phi) is 3.10. The van der Waals surface area contributed by atoms with Crippen LogP contribution in [-0.4, -0.2) is 17.9 Å². The number of carbonyl (C=O) groups excluding carboxylic acids is 3. The standard InChI is InChI=1S/C16H10N2O3/c19-11-14-15(20)18(13-9-5-2-6-10-13)16(21)17(14)12-7-3-1-4-8-12/h1-10H. The molecule has 3 rings (SSSR count). The molecule has 0 N–H and O–H groups in total. The van der Waals surface area contributed by atoms with Crippen LogP contribution >= 0.6 is 0 Å². The number of carbonyl (C=O) groups is 2. The molecule has 5 nitrogen and oxygen atoms in total. The zero-order chi connectivity index (χ0) is 14.8. The number of hydrogen-bond acceptors (Lipinski definition) is 3. The summed E-state index contributed by atoms with van der Waals surface area (Å²) in [6.45, 7) is 0. The molecule has 1 aliphatic rings. The summed E-state index contributed by atoms with van der Waals surface area (Å²) in [5.41, 5.74) is 0.557. The van der Waals surface area contributed by atoms with E-state index in [1.165, 1.54) is 0 Å². The van der Waals surface area contributed by atoms with Crippen molar-refractivity contribution < 1.29 is 14.4 Å². The van der Waals surface area contributed by atoms with E-state index >= 15 is 0 Å². The number of amides is 3. The van der Waals surface area contributed by atoms with Gasteiger partial charge < -0.3 is 0 Å². The number of nitrogens with zero attached hydrogens (tertiary/aromatic N) is 2. The minimum absolute atomic E-state index is 0.310. The first-order valence-electron chi connectivity index (χ1n) is 6.28. The first-order chi connectivity index (χ1) is 10.2. The Bertz CT molecular complexity index is 750. The number of imide groups is 1. The summed E-state index contributed by atoms with van der Waals surface area (Å²) in [6, 6.07) is 16.4. The van der Waals surface area contributed by atoms with Gasteiger partial charge in [-0.25, -0.2) is 19.4 Å². The summed E-state index contributed by atoms with van der Waals surface area (Å²) < 4.78 is 0. The van der Waals surface area contributed by atoms with Gasteiger partial charge in [0.15, 0.2) is 5.94 Å². The van der Waals surface area contributed by atoms with Gasteiger partial charge in [-0.15, -0.1) is 0 Å². The average molecular weight is 278 g/mol. The van der Waals surface area contributed by atoms with E-state index in [9.17, 15) is 14.4 Å². The predicted octanol–water partition coefficient (Wildman–Crippen LogP) is 2.38. The van der Waals surface area contributed by atoms with E-state index in [-0.39, 0.29) is 5.70 Å². The van der Waals surface area contributed by atoms with Crippen molar-refractivity contribution in [3.63, 3.8) is 0 Å². The van der Waals surface area contributed by atoms with Gasteiger partial charge in [-0.05, 0) is 24.3 Å². The van der Waals surface area contributed by atoms with Crippen molar-refractivity contribution in [2.24, 2.45) is 0 Å². The monoisotopic (exact) mass is 278 g/mol. The number of rotatable bonds is 2. The van der Waals surface area contributed by atoms with Gasteiger partial charge in [0.05, 0.1) is 11.4 Å². The largest absolute Gasteiger partial charge is 0.341 e. The Labute approximate surface area is 120 Å². The molecule has 3 amide bonds. The lowest BCUT2D eigenvalue weighted by Crippen LogP contribution is -2.32. The minimum Gasteiger partial charge on any atom is -0.266 e. The Balaban J connectivity index is 2.10. The van der Waals surface area contributed by atoms with E-state index in [4.69, 9.17) is 0 Å². The summed E-state index contributed by atoms with van der Waals surface area (Å²) in [7, 11) is 0. The fourth-order valence-corrected chi connectivity index (χ4v) is 2.19. The lowest BCUT2D eigenvalue weighted by atomic mass is 10.3. The molecule has 2 aromatic rings. The second-order valence-corrected chi connectivity index (χ2v) is 4.38. The number of benzene rings is 2. The second kappa shape index (κ2) is 5.07. The lowest BCUT2D eigenvalue weighted by molar-refractivity contribution is -0.113.